The third kappa shape index (κ3) is 2.97. The summed E-state index contributed by atoms with van der Waals surface area (Å²) in [6.07, 6.45) is 0.538. The topological polar surface area (TPSA) is 64.4 Å². The molecule has 0 aliphatic heterocycles. The molecule has 1 unspecified atom stereocenters. The number of methoxy groups -OCH3 is 1. The van der Waals surface area contributed by atoms with Crippen LogP contribution in [0.4, 0.5) is 0 Å². The van der Waals surface area contributed by atoms with Gasteiger partial charge >= 0.3 is 0 Å². The lowest BCUT2D eigenvalue weighted by molar-refractivity contribution is -0.121. The van der Waals surface area contributed by atoms with E-state index < -0.39 is 6.04 Å². The van der Waals surface area contributed by atoms with E-state index in [9.17, 15) is 4.79 Å². The smallest absolute Gasteiger partial charge is 0.237 e. The van der Waals surface area contributed by atoms with Crippen molar-refractivity contribution in [3.63, 3.8) is 0 Å². The fraction of sp³-hybridized carbons (Fsp3) is 0.462. The van der Waals surface area contributed by atoms with Crippen molar-refractivity contribution in [2.75, 3.05) is 14.2 Å². The Morgan fingerprint density at radius 2 is 2.06 bits per heavy atom. The van der Waals surface area contributed by atoms with Crippen molar-refractivity contribution in [1.29, 1.82) is 0 Å². The van der Waals surface area contributed by atoms with E-state index in [-0.39, 0.29) is 5.91 Å². The van der Waals surface area contributed by atoms with Crippen molar-refractivity contribution in [3.8, 4) is 5.75 Å². The number of carbonyl (C=O) groups excluding carboxylic acids is 1. The number of ether oxygens (including phenoxy) is 1. The highest BCUT2D eigenvalue weighted by molar-refractivity contribution is 5.81. The van der Waals surface area contributed by atoms with Gasteiger partial charge in [-0.15, -0.1) is 0 Å². The fourth-order valence-corrected chi connectivity index (χ4v) is 1.81. The molecule has 1 aromatic carbocycles. The number of rotatable bonds is 4. The van der Waals surface area contributed by atoms with Gasteiger partial charge in [-0.05, 0) is 43.0 Å². The van der Waals surface area contributed by atoms with Crippen LogP contribution >= 0.6 is 0 Å². The predicted octanol–water partition coefficient (Wildman–Crippen LogP) is 0.928. The molecule has 0 radical (unpaired) electrons. The maximum Gasteiger partial charge on any atom is 0.237 e. The summed E-state index contributed by atoms with van der Waals surface area (Å²) < 4.78 is 5.24. The Bertz CT molecular complexity index is 416. The van der Waals surface area contributed by atoms with Crippen LogP contribution in [0.3, 0.4) is 0 Å². The summed E-state index contributed by atoms with van der Waals surface area (Å²) in [6.45, 7) is 4.02. The van der Waals surface area contributed by atoms with E-state index in [1.807, 2.05) is 26.0 Å². The Labute approximate surface area is 102 Å². The van der Waals surface area contributed by atoms with Gasteiger partial charge in [0, 0.05) is 7.05 Å². The number of benzene rings is 1. The van der Waals surface area contributed by atoms with Crippen LogP contribution in [-0.4, -0.2) is 26.1 Å². The van der Waals surface area contributed by atoms with E-state index >= 15 is 0 Å². The van der Waals surface area contributed by atoms with Crippen LogP contribution in [0.2, 0.25) is 0 Å². The zero-order chi connectivity index (χ0) is 13.0. The summed E-state index contributed by atoms with van der Waals surface area (Å²) in [7, 11) is 3.24. The molecule has 3 N–H and O–H groups in total. The first-order valence-corrected chi connectivity index (χ1v) is 5.61. The van der Waals surface area contributed by atoms with Gasteiger partial charge in [-0.3, -0.25) is 4.79 Å². The monoisotopic (exact) mass is 236 g/mol. The molecule has 0 saturated carbocycles. The van der Waals surface area contributed by atoms with Gasteiger partial charge in [0.05, 0.1) is 13.2 Å². The Hall–Kier alpha value is -1.55. The highest BCUT2D eigenvalue weighted by atomic mass is 16.5. The Balaban J connectivity index is 2.93. The number of hydrogen-bond acceptors (Lipinski definition) is 3. The summed E-state index contributed by atoms with van der Waals surface area (Å²) in [5.74, 6) is 0.720. The third-order valence-electron chi connectivity index (χ3n) is 3.09. The first-order chi connectivity index (χ1) is 8.01. The quantitative estimate of drug-likeness (QED) is 0.817. The molecule has 0 aromatic heterocycles. The predicted molar refractivity (Wildman–Crippen MR) is 68.2 cm³/mol. The van der Waals surface area contributed by atoms with Gasteiger partial charge in [0.2, 0.25) is 5.91 Å². The first kappa shape index (κ1) is 13.5. The standard InChI is InChI=1S/C13H20N2O2/c1-8-9(2)12(17-4)6-5-10(8)7-11(14)13(16)15-3/h5-6,11H,7,14H2,1-4H3,(H,15,16). The van der Waals surface area contributed by atoms with Gasteiger partial charge in [-0.2, -0.15) is 0 Å². The fourth-order valence-electron chi connectivity index (χ4n) is 1.81. The molecule has 0 heterocycles. The molecule has 1 rings (SSSR count). The van der Waals surface area contributed by atoms with E-state index in [1.165, 1.54) is 0 Å². The Morgan fingerprint density at radius 1 is 1.41 bits per heavy atom. The van der Waals surface area contributed by atoms with Crippen molar-refractivity contribution in [1.82, 2.24) is 5.32 Å². The van der Waals surface area contributed by atoms with E-state index in [4.69, 9.17) is 10.5 Å². The molecule has 17 heavy (non-hydrogen) atoms. The van der Waals surface area contributed by atoms with Crippen molar-refractivity contribution >= 4 is 5.91 Å². The minimum absolute atomic E-state index is 0.141. The number of likely N-dealkylation sites (N-methyl/N-ethyl adjacent to an activating group) is 1. The van der Waals surface area contributed by atoms with Gasteiger partial charge in [0.1, 0.15) is 5.75 Å². The third-order valence-corrected chi connectivity index (χ3v) is 3.09. The average Bonchev–Trinajstić information content (AvgIpc) is 2.34. The summed E-state index contributed by atoms with van der Waals surface area (Å²) in [6, 6.07) is 3.37. The van der Waals surface area contributed by atoms with Crippen LogP contribution in [0.25, 0.3) is 0 Å². The second kappa shape index (κ2) is 5.68. The molecule has 94 valence electrons. The number of nitrogens with two attached hydrogens (primary N) is 1. The van der Waals surface area contributed by atoms with Crippen LogP contribution in [-0.2, 0) is 11.2 Å². The molecule has 4 heteroatoms. The van der Waals surface area contributed by atoms with Crippen LogP contribution in [0.15, 0.2) is 12.1 Å². The zero-order valence-electron chi connectivity index (χ0n) is 10.8. The molecule has 1 amide bonds. The van der Waals surface area contributed by atoms with E-state index in [2.05, 4.69) is 5.32 Å². The molecular formula is C13H20N2O2. The van der Waals surface area contributed by atoms with Crippen LogP contribution in [0, 0.1) is 13.8 Å². The Kier molecular flexibility index (Phi) is 4.52. The van der Waals surface area contributed by atoms with Crippen LogP contribution in [0.5, 0.6) is 5.75 Å². The van der Waals surface area contributed by atoms with Gasteiger partial charge in [0.15, 0.2) is 0 Å². The molecule has 0 fully saturated rings. The lowest BCUT2D eigenvalue weighted by Gasteiger charge is -2.15. The number of hydrogen-bond donors (Lipinski definition) is 2. The summed E-state index contributed by atoms with van der Waals surface area (Å²) in [5.41, 5.74) is 9.11. The summed E-state index contributed by atoms with van der Waals surface area (Å²) in [5, 5.41) is 2.55. The Morgan fingerprint density at radius 3 is 2.59 bits per heavy atom. The minimum atomic E-state index is -0.508. The first-order valence-electron chi connectivity index (χ1n) is 5.61. The number of amides is 1. The molecule has 0 spiro atoms. The van der Waals surface area contributed by atoms with Crippen LogP contribution in [0.1, 0.15) is 16.7 Å². The molecule has 1 aromatic rings. The van der Waals surface area contributed by atoms with Crippen molar-refractivity contribution < 1.29 is 9.53 Å². The van der Waals surface area contributed by atoms with Crippen molar-refractivity contribution in [2.24, 2.45) is 5.73 Å². The van der Waals surface area contributed by atoms with Crippen LogP contribution < -0.4 is 15.8 Å². The zero-order valence-corrected chi connectivity index (χ0v) is 10.8. The van der Waals surface area contributed by atoms with Crippen molar-refractivity contribution in [3.05, 3.63) is 28.8 Å². The molecule has 1 atom stereocenters. The normalized spacial score (nSPS) is 12.1. The van der Waals surface area contributed by atoms with E-state index in [1.54, 1.807) is 14.2 Å². The molecular weight excluding hydrogens is 216 g/mol. The van der Waals surface area contributed by atoms with Gasteiger partial charge in [-0.25, -0.2) is 0 Å². The largest absolute Gasteiger partial charge is 0.496 e. The lowest BCUT2D eigenvalue weighted by atomic mass is 9.97. The average molecular weight is 236 g/mol. The highest BCUT2D eigenvalue weighted by Gasteiger charge is 2.15. The second-order valence-corrected chi connectivity index (χ2v) is 4.10. The molecule has 4 nitrogen and oxygen atoms in total. The van der Waals surface area contributed by atoms with E-state index in [0.29, 0.717) is 6.42 Å². The SMILES string of the molecule is CNC(=O)C(N)Cc1ccc(OC)c(C)c1C. The van der Waals surface area contributed by atoms with E-state index in [0.717, 1.165) is 22.4 Å². The molecule has 0 saturated heterocycles. The maximum atomic E-state index is 11.4. The molecule has 0 aliphatic rings. The lowest BCUT2D eigenvalue weighted by Crippen LogP contribution is -2.40. The summed E-state index contributed by atoms with van der Waals surface area (Å²) in [4.78, 5) is 11.4. The van der Waals surface area contributed by atoms with Gasteiger partial charge < -0.3 is 15.8 Å². The molecule has 0 aliphatic carbocycles. The van der Waals surface area contributed by atoms with Crippen molar-refractivity contribution in [2.45, 2.75) is 26.3 Å². The minimum Gasteiger partial charge on any atom is -0.496 e. The molecule has 0 bridgehead atoms. The van der Waals surface area contributed by atoms with Gasteiger partial charge in [0.25, 0.3) is 0 Å². The van der Waals surface area contributed by atoms with Gasteiger partial charge in [-0.1, -0.05) is 6.07 Å². The highest BCUT2D eigenvalue weighted by Crippen LogP contribution is 2.24. The summed E-state index contributed by atoms with van der Waals surface area (Å²) >= 11 is 0. The maximum absolute atomic E-state index is 11.4. The number of carbonyl (C=O) groups is 1. The number of nitrogens with one attached hydrogen (secondary N) is 1. The second-order valence-electron chi connectivity index (χ2n) is 4.10.